The van der Waals surface area contributed by atoms with Gasteiger partial charge in [-0.2, -0.15) is 0 Å². The number of rotatable bonds is 2. The zero-order chi connectivity index (χ0) is 14.7. The van der Waals surface area contributed by atoms with Gasteiger partial charge in [0, 0.05) is 5.56 Å². The number of alkyl halides is 1. The van der Waals surface area contributed by atoms with Crippen LogP contribution in [-0.2, 0) is 0 Å². The van der Waals surface area contributed by atoms with Crippen molar-refractivity contribution in [2.45, 2.75) is 44.4 Å². The highest BCUT2D eigenvalue weighted by molar-refractivity contribution is 6.21. The van der Waals surface area contributed by atoms with Crippen molar-refractivity contribution in [3.63, 3.8) is 0 Å². The predicted octanol–water partition coefficient (Wildman–Crippen LogP) is 5.63. The van der Waals surface area contributed by atoms with Crippen LogP contribution in [0.4, 0.5) is 8.78 Å². The van der Waals surface area contributed by atoms with E-state index in [0.29, 0.717) is 28.9 Å². The maximum absolute atomic E-state index is 14.2. The molecule has 0 aromatic heterocycles. The van der Waals surface area contributed by atoms with E-state index < -0.39 is 0 Å². The molecule has 4 fully saturated rings. The molecule has 0 saturated heterocycles. The third kappa shape index (κ3) is 2.21. The summed E-state index contributed by atoms with van der Waals surface area (Å²) in [4.78, 5) is 0. The van der Waals surface area contributed by atoms with Crippen LogP contribution in [0.1, 0.15) is 48.6 Å². The maximum Gasteiger partial charge on any atom is 0.128 e. The largest absolute Gasteiger partial charge is 0.207 e. The first-order valence-electron chi connectivity index (χ1n) is 8.12. The lowest BCUT2D eigenvalue weighted by molar-refractivity contribution is -0.0384. The molecule has 1 unspecified atom stereocenters. The molecule has 0 heterocycles. The van der Waals surface area contributed by atoms with E-state index in [1.807, 2.05) is 0 Å². The summed E-state index contributed by atoms with van der Waals surface area (Å²) in [6.45, 7) is 1.59. The Hall–Kier alpha value is -0.630. The molecule has 1 aromatic rings. The van der Waals surface area contributed by atoms with Crippen LogP contribution in [0, 0.1) is 48.1 Å². The quantitative estimate of drug-likeness (QED) is 0.621. The molecule has 1 aromatic carbocycles. The van der Waals surface area contributed by atoms with Crippen molar-refractivity contribution in [2.75, 3.05) is 0 Å². The lowest BCUT2D eigenvalue weighted by atomic mass is 9.51. The minimum absolute atomic E-state index is 0.330. The molecule has 0 radical (unpaired) electrons. The molecule has 1 atom stereocenters. The Balaban J connectivity index is 1.66. The molecule has 21 heavy (non-hydrogen) atoms. The van der Waals surface area contributed by atoms with Gasteiger partial charge in [-0.3, -0.25) is 0 Å². The molecule has 4 aliphatic rings. The van der Waals surface area contributed by atoms with E-state index in [1.54, 1.807) is 6.92 Å². The number of halogens is 3. The maximum atomic E-state index is 14.2. The van der Waals surface area contributed by atoms with Crippen molar-refractivity contribution >= 4 is 11.6 Å². The Bertz CT molecular complexity index is 541. The topological polar surface area (TPSA) is 0 Å². The van der Waals surface area contributed by atoms with Crippen LogP contribution in [0.2, 0.25) is 0 Å². The highest BCUT2D eigenvalue weighted by Gasteiger charge is 2.50. The monoisotopic (exact) mass is 310 g/mol. The third-order valence-corrected chi connectivity index (χ3v) is 6.74. The first-order chi connectivity index (χ1) is 10.0. The summed E-state index contributed by atoms with van der Waals surface area (Å²) >= 11 is 6.67. The van der Waals surface area contributed by atoms with Gasteiger partial charge in [-0.1, -0.05) is 0 Å². The third-order valence-electron chi connectivity index (χ3n) is 6.21. The van der Waals surface area contributed by atoms with Crippen molar-refractivity contribution in [1.29, 1.82) is 0 Å². The molecular formula is C18H21ClF2. The Morgan fingerprint density at radius 1 is 0.952 bits per heavy atom. The molecule has 0 N–H and O–H groups in total. The Kier molecular flexibility index (Phi) is 3.29. The molecule has 3 heteroatoms. The number of hydrogen-bond acceptors (Lipinski definition) is 0. The Morgan fingerprint density at radius 3 is 2.10 bits per heavy atom. The van der Waals surface area contributed by atoms with E-state index in [4.69, 9.17) is 11.6 Å². The van der Waals surface area contributed by atoms with Crippen LogP contribution in [0.3, 0.4) is 0 Å². The van der Waals surface area contributed by atoms with Crippen molar-refractivity contribution in [3.05, 3.63) is 34.9 Å². The fraction of sp³-hybridized carbons (Fsp3) is 0.667. The first kappa shape index (κ1) is 14.0. The summed E-state index contributed by atoms with van der Waals surface area (Å²) in [5, 5.41) is -0.380. The van der Waals surface area contributed by atoms with E-state index in [9.17, 15) is 8.78 Å². The second-order valence-corrected chi connectivity index (χ2v) is 8.00. The van der Waals surface area contributed by atoms with Crippen LogP contribution < -0.4 is 0 Å². The van der Waals surface area contributed by atoms with Gasteiger partial charge in [0.1, 0.15) is 11.6 Å². The van der Waals surface area contributed by atoms with Gasteiger partial charge in [-0.25, -0.2) is 8.78 Å². The molecule has 4 bridgehead atoms. The first-order valence-corrected chi connectivity index (χ1v) is 8.56. The van der Waals surface area contributed by atoms with Crippen molar-refractivity contribution in [2.24, 2.45) is 29.6 Å². The van der Waals surface area contributed by atoms with Crippen molar-refractivity contribution < 1.29 is 8.78 Å². The van der Waals surface area contributed by atoms with Gasteiger partial charge in [-0.05, 0) is 86.3 Å². The average Bonchev–Trinajstić information content (AvgIpc) is 2.41. The number of aryl methyl sites for hydroxylation is 1. The summed E-state index contributed by atoms with van der Waals surface area (Å²) in [6, 6.07) is 2.61. The Labute approximate surface area is 129 Å². The zero-order valence-electron chi connectivity index (χ0n) is 12.3. The van der Waals surface area contributed by atoms with Gasteiger partial charge >= 0.3 is 0 Å². The standard InChI is InChI=1S/C18H21ClF2/c1-9-2-16(21)14(8-15(9)20)18(19)17-12-4-10-3-11(6-12)7-13(17)5-10/h2,8,10-13,17-18H,3-7H2,1H3. The predicted molar refractivity (Wildman–Crippen MR) is 80.2 cm³/mol. The average molecular weight is 311 g/mol. The summed E-state index contributed by atoms with van der Waals surface area (Å²) in [5.41, 5.74) is 0.724. The highest BCUT2D eigenvalue weighted by atomic mass is 35.5. The molecular weight excluding hydrogens is 290 g/mol. The number of hydrogen-bond donors (Lipinski definition) is 0. The van der Waals surface area contributed by atoms with Crippen molar-refractivity contribution in [1.82, 2.24) is 0 Å². The minimum Gasteiger partial charge on any atom is -0.207 e. The van der Waals surface area contributed by atoms with E-state index >= 15 is 0 Å². The summed E-state index contributed by atoms with van der Waals surface area (Å²) in [6.07, 6.45) is 6.38. The second-order valence-electron chi connectivity index (χ2n) is 7.53. The molecule has 5 rings (SSSR count). The lowest BCUT2D eigenvalue weighted by Gasteiger charge is -2.55. The van der Waals surface area contributed by atoms with Crippen LogP contribution in [-0.4, -0.2) is 0 Å². The smallest absolute Gasteiger partial charge is 0.128 e. The summed E-state index contributed by atoms with van der Waals surface area (Å²) in [7, 11) is 0. The molecule has 0 nitrogen and oxygen atoms in total. The number of benzene rings is 1. The lowest BCUT2D eigenvalue weighted by Crippen LogP contribution is -2.46. The van der Waals surface area contributed by atoms with Gasteiger partial charge < -0.3 is 0 Å². The SMILES string of the molecule is Cc1cc(F)c(C(Cl)C2C3CC4CC(C3)CC2C4)cc1F. The fourth-order valence-corrected chi connectivity index (χ4v) is 6.10. The van der Waals surface area contributed by atoms with E-state index in [0.717, 1.165) is 11.8 Å². The zero-order valence-corrected chi connectivity index (χ0v) is 13.0. The highest BCUT2D eigenvalue weighted by Crippen LogP contribution is 2.60. The van der Waals surface area contributed by atoms with Crippen LogP contribution in [0.15, 0.2) is 12.1 Å². The molecule has 4 saturated carbocycles. The van der Waals surface area contributed by atoms with E-state index in [2.05, 4.69) is 0 Å². The minimum atomic E-state index is -0.380. The van der Waals surface area contributed by atoms with Crippen LogP contribution in [0.5, 0.6) is 0 Å². The van der Waals surface area contributed by atoms with E-state index in [1.165, 1.54) is 44.2 Å². The fourth-order valence-electron chi connectivity index (χ4n) is 5.53. The van der Waals surface area contributed by atoms with Crippen molar-refractivity contribution in [3.8, 4) is 0 Å². The molecule has 0 amide bonds. The Morgan fingerprint density at radius 2 is 1.52 bits per heavy atom. The van der Waals surface area contributed by atoms with Gasteiger partial charge in [-0.15, -0.1) is 11.6 Å². The summed E-state index contributed by atoms with van der Waals surface area (Å²) < 4.78 is 28.1. The van der Waals surface area contributed by atoms with Gasteiger partial charge in [0.15, 0.2) is 0 Å². The second kappa shape index (κ2) is 4.94. The van der Waals surface area contributed by atoms with Crippen LogP contribution in [0.25, 0.3) is 0 Å². The van der Waals surface area contributed by atoms with Gasteiger partial charge in [0.05, 0.1) is 5.38 Å². The molecule has 114 valence electrons. The van der Waals surface area contributed by atoms with Gasteiger partial charge in [0.2, 0.25) is 0 Å². The summed E-state index contributed by atoms with van der Waals surface area (Å²) in [5.74, 6) is 2.61. The van der Waals surface area contributed by atoms with E-state index in [-0.39, 0.29) is 17.0 Å². The molecule has 0 spiro atoms. The normalized spacial score (nSPS) is 38.8. The van der Waals surface area contributed by atoms with Crippen LogP contribution >= 0.6 is 11.6 Å². The molecule has 4 aliphatic carbocycles. The van der Waals surface area contributed by atoms with Gasteiger partial charge in [0.25, 0.3) is 0 Å². The molecule has 0 aliphatic heterocycles.